The SMILES string of the molecule is CC1(C)c2cccc(O)c2-c2nc(-c3cn(-c4ccc5c(c4)oc4ccccc45)c(-c4ccc5oc6ccc(-c7ccccc7)cc6c5c4)n3)cc(-c3ccc4oc5ccccc5c4c3)c2C1(C)C. The molecule has 0 unspecified atom stereocenters. The minimum atomic E-state index is -0.424. The van der Waals surface area contributed by atoms with Gasteiger partial charge in [-0.15, -0.1) is 0 Å². The van der Waals surface area contributed by atoms with Gasteiger partial charge in [-0.05, 0) is 118 Å². The van der Waals surface area contributed by atoms with Crippen LogP contribution in [0, 0.1) is 0 Å². The first-order chi connectivity index (χ1) is 33.6. The molecule has 0 spiro atoms. The predicted octanol–water partition coefficient (Wildman–Crippen LogP) is 16.6. The molecule has 5 aromatic heterocycles. The molecule has 69 heavy (non-hydrogen) atoms. The molecule has 0 aliphatic heterocycles. The van der Waals surface area contributed by atoms with Crippen LogP contribution in [0.15, 0.2) is 195 Å². The normalized spacial score (nSPS) is 14.1. The number of aromatic hydroxyl groups is 1. The van der Waals surface area contributed by atoms with E-state index >= 15 is 0 Å². The van der Waals surface area contributed by atoms with Gasteiger partial charge >= 0.3 is 0 Å². The van der Waals surface area contributed by atoms with E-state index in [0.29, 0.717) is 11.4 Å². The minimum Gasteiger partial charge on any atom is -0.507 e. The van der Waals surface area contributed by atoms with E-state index in [4.69, 9.17) is 23.2 Å². The van der Waals surface area contributed by atoms with Crippen molar-refractivity contribution in [3.05, 3.63) is 193 Å². The largest absolute Gasteiger partial charge is 0.507 e. The summed E-state index contributed by atoms with van der Waals surface area (Å²) < 4.78 is 21.4. The van der Waals surface area contributed by atoms with Gasteiger partial charge in [0, 0.05) is 61.1 Å². The fraction of sp³-hybridized carbons (Fsp3) is 0.0968. The van der Waals surface area contributed by atoms with E-state index in [-0.39, 0.29) is 11.2 Å². The summed E-state index contributed by atoms with van der Waals surface area (Å²) in [5.41, 5.74) is 15.2. The van der Waals surface area contributed by atoms with Gasteiger partial charge in [-0.3, -0.25) is 4.57 Å². The van der Waals surface area contributed by atoms with Gasteiger partial charge in [-0.2, -0.15) is 0 Å². The number of imidazole rings is 1. The van der Waals surface area contributed by atoms with Crippen LogP contribution >= 0.6 is 0 Å². The molecule has 7 nitrogen and oxygen atoms in total. The Morgan fingerprint density at radius 2 is 1.01 bits per heavy atom. The maximum absolute atomic E-state index is 11.9. The number of phenolic OH excluding ortho intramolecular Hbond substituents is 1. The standard InChI is InChI=1S/C62H43N3O4/c1-61(2)47-17-12-18-50(66)57(47)59-58(62(61,3)4)43(37-22-27-53-44(30-37)41-16-9-11-20-52(41)67-53)33-48(63-59)49-34-65(39-24-25-42-40-15-8-10-19-51(40)69-56(42)32-39)60(64-49)38-23-28-55-46(31-38)45-29-36(21-26-54(45)68-55)35-13-6-5-7-14-35/h5-34,66H,1-4H3. The van der Waals surface area contributed by atoms with Crippen molar-refractivity contribution in [1.29, 1.82) is 0 Å². The first-order valence-corrected chi connectivity index (χ1v) is 23.4. The van der Waals surface area contributed by atoms with E-state index in [1.54, 1.807) is 6.07 Å². The minimum absolute atomic E-state index is 0.200. The molecule has 0 radical (unpaired) electrons. The van der Waals surface area contributed by atoms with Crippen LogP contribution in [-0.2, 0) is 10.8 Å². The first kappa shape index (κ1) is 39.5. The third kappa shape index (κ3) is 5.74. The quantitative estimate of drug-likeness (QED) is 0.185. The Kier molecular flexibility index (Phi) is 8.11. The molecule has 13 aromatic rings. The summed E-state index contributed by atoms with van der Waals surface area (Å²) in [5.74, 6) is 0.929. The fourth-order valence-electron chi connectivity index (χ4n) is 11.1. The van der Waals surface area contributed by atoms with Crippen LogP contribution in [0.2, 0.25) is 0 Å². The molecule has 0 amide bonds. The number of aromatic nitrogens is 3. The molecule has 330 valence electrons. The van der Waals surface area contributed by atoms with Crippen LogP contribution in [-0.4, -0.2) is 19.6 Å². The lowest BCUT2D eigenvalue weighted by Crippen LogP contribution is -2.44. The van der Waals surface area contributed by atoms with Crippen molar-refractivity contribution >= 4 is 65.8 Å². The van der Waals surface area contributed by atoms with Crippen molar-refractivity contribution in [2.75, 3.05) is 0 Å². The molecule has 5 heterocycles. The highest BCUT2D eigenvalue weighted by Gasteiger charge is 2.49. The number of hydrogen-bond acceptors (Lipinski definition) is 6. The van der Waals surface area contributed by atoms with Crippen LogP contribution in [0.3, 0.4) is 0 Å². The number of phenols is 1. The Morgan fingerprint density at radius 3 is 1.75 bits per heavy atom. The topological polar surface area (TPSA) is 90.4 Å². The molecule has 14 rings (SSSR count). The average Bonchev–Trinajstić information content (AvgIpc) is 4.17. The zero-order valence-electron chi connectivity index (χ0n) is 38.3. The van der Waals surface area contributed by atoms with Crippen molar-refractivity contribution < 1.29 is 18.4 Å². The van der Waals surface area contributed by atoms with Crippen LogP contribution in [0.4, 0.5) is 0 Å². The van der Waals surface area contributed by atoms with Gasteiger partial charge in [0.1, 0.15) is 50.8 Å². The van der Waals surface area contributed by atoms with Crippen molar-refractivity contribution in [2.45, 2.75) is 38.5 Å². The van der Waals surface area contributed by atoms with E-state index in [0.717, 1.165) is 128 Å². The lowest BCUT2D eigenvalue weighted by Gasteiger charge is -2.48. The zero-order valence-corrected chi connectivity index (χ0v) is 38.3. The number of fused-ring (bicyclic) bond motifs is 12. The summed E-state index contributed by atoms with van der Waals surface area (Å²) in [5, 5.41) is 18.1. The third-order valence-electron chi connectivity index (χ3n) is 15.3. The molecule has 0 bridgehead atoms. The van der Waals surface area contributed by atoms with Gasteiger partial charge in [0.2, 0.25) is 0 Å². The molecule has 0 saturated carbocycles. The third-order valence-corrected chi connectivity index (χ3v) is 15.3. The molecule has 7 heteroatoms. The Bertz CT molecular complexity index is 4280. The lowest BCUT2D eigenvalue weighted by molar-refractivity contribution is 0.297. The fourth-order valence-corrected chi connectivity index (χ4v) is 11.1. The van der Waals surface area contributed by atoms with Gasteiger partial charge in [0.15, 0.2) is 0 Å². The molecule has 0 fully saturated rings. The lowest BCUT2D eigenvalue weighted by atomic mass is 9.55. The van der Waals surface area contributed by atoms with E-state index < -0.39 is 5.41 Å². The van der Waals surface area contributed by atoms with E-state index in [1.165, 1.54) is 0 Å². The second kappa shape index (κ2) is 14.2. The average molecular weight is 894 g/mol. The molecule has 0 atom stereocenters. The van der Waals surface area contributed by atoms with Gasteiger partial charge in [0.05, 0.1) is 17.1 Å². The molecule has 1 aliphatic carbocycles. The van der Waals surface area contributed by atoms with Crippen molar-refractivity contribution in [3.8, 4) is 67.7 Å². The number of para-hydroxylation sites is 2. The Labute approximate surface area is 396 Å². The summed E-state index contributed by atoms with van der Waals surface area (Å²) in [6, 6.07) is 60.3. The molecular formula is C62H43N3O4. The van der Waals surface area contributed by atoms with E-state index in [1.807, 2.05) is 48.5 Å². The molecule has 1 aliphatic rings. The second-order valence-electron chi connectivity index (χ2n) is 19.5. The van der Waals surface area contributed by atoms with Gasteiger partial charge in [0.25, 0.3) is 0 Å². The van der Waals surface area contributed by atoms with Gasteiger partial charge < -0.3 is 18.4 Å². The monoisotopic (exact) mass is 893 g/mol. The number of hydrogen-bond donors (Lipinski definition) is 1. The number of nitrogens with zero attached hydrogens (tertiary/aromatic N) is 3. The van der Waals surface area contributed by atoms with Crippen LogP contribution in [0.25, 0.3) is 128 Å². The van der Waals surface area contributed by atoms with Crippen molar-refractivity contribution in [2.24, 2.45) is 0 Å². The van der Waals surface area contributed by atoms with Crippen LogP contribution in [0.1, 0.15) is 38.8 Å². The highest BCUT2D eigenvalue weighted by Crippen LogP contribution is 2.58. The maximum atomic E-state index is 11.9. The summed E-state index contributed by atoms with van der Waals surface area (Å²) in [6.45, 7) is 9.14. The van der Waals surface area contributed by atoms with Crippen molar-refractivity contribution in [1.82, 2.24) is 14.5 Å². The summed E-state index contributed by atoms with van der Waals surface area (Å²) in [6.07, 6.45) is 2.08. The Balaban J connectivity index is 1.03. The second-order valence-corrected chi connectivity index (χ2v) is 19.5. The smallest absolute Gasteiger partial charge is 0.145 e. The molecular weight excluding hydrogens is 851 g/mol. The summed E-state index contributed by atoms with van der Waals surface area (Å²) in [4.78, 5) is 11.1. The first-order valence-electron chi connectivity index (χ1n) is 23.4. The van der Waals surface area contributed by atoms with E-state index in [9.17, 15) is 5.11 Å². The number of pyridine rings is 1. The predicted molar refractivity (Wildman–Crippen MR) is 278 cm³/mol. The maximum Gasteiger partial charge on any atom is 0.145 e. The van der Waals surface area contributed by atoms with Crippen LogP contribution < -0.4 is 0 Å². The summed E-state index contributed by atoms with van der Waals surface area (Å²) in [7, 11) is 0. The Morgan fingerprint density at radius 1 is 0.435 bits per heavy atom. The highest BCUT2D eigenvalue weighted by atomic mass is 16.3. The number of rotatable bonds is 5. The molecule has 1 N–H and O–H groups in total. The highest BCUT2D eigenvalue weighted by molar-refractivity contribution is 6.09. The molecule has 8 aromatic carbocycles. The molecule has 0 saturated heterocycles. The summed E-state index contributed by atoms with van der Waals surface area (Å²) >= 11 is 0. The van der Waals surface area contributed by atoms with Crippen molar-refractivity contribution in [3.63, 3.8) is 0 Å². The van der Waals surface area contributed by atoms with Crippen LogP contribution in [0.5, 0.6) is 5.75 Å². The Hall–Kier alpha value is -8.68. The van der Waals surface area contributed by atoms with E-state index in [2.05, 4.69) is 160 Å². The zero-order chi connectivity index (χ0) is 46.3. The van der Waals surface area contributed by atoms with Gasteiger partial charge in [-0.25, -0.2) is 9.97 Å². The number of furan rings is 3. The number of benzene rings is 8. The van der Waals surface area contributed by atoms with Gasteiger partial charge in [-0.1, -0.05) is 119 Å².